The van der Waals surface area contributed by atoms with Gasteiger partial charge in [-0.25, -0.2) is 0 Å². The van der Waals surface area contributed by atoms with E-state index in [0.717, 1.165) is 10.9 Å². The van der Waals surface area contributed by atoms with Gasteiger partial charge >= 0.3 is 21.1 Å². The second-order valence-electron chi connectivity index (χ2n) is 3.04. The van der Waals surface area contributed by atoms with Gasteiger partial charge in [0.2, 0.25) is 0 Å². The molecule has 3 nitrogen and oxygen atoms in total. The Kier molecular flexibility index (Phi) is 3.70. The van der Waals surface area contributed by atoms with Crippen LogP contribution in [0.15, 0.2) is 24.3 Å². The molecule has 0 amide bonds. The van der Waals surface area contributed by atoms with Crippen LogP contribution in [0.5, 0.6) is 0 Å². The zero-order valence-corrected chi connectivity index (χ0v) is 11.2. The van der Waals surface area contributed by atoms with Crippen LogP contribution < -0.4 is 0 Å². The first-order valence-corrected chi connectivity index (χ1v) is 4.48. The SMILES string of the molecule is CCn1c(C(=O)O)[c-]c2ccccc21.[W+2]. The van der Waals surface area contributed by atoms with Crippen molar-refractivity contribution in [3.05, 3.63) is 36.0 Å². The molecular formula is C11H10NO2W+. The van der Waals surface area contributed by atoms with Crippen LogP contribution in [-0.2, 0) is 27.6 Å². The molecule has 1 N–H and O–H groups in total. The van der Waals surface area contributed by atoms with Crippen LogP contribution in [-0.4, -0.2) is 15.6 Å². The topological polar surface area (TPSA) is 42.2 Å². The van der Waals surface area contributed by atoms with E-state index in [1.54, 1.807) is 4.57 Å². The third kappa shape index (κ3) is 1.98. The third-order valence-electron chi connectivity index (χ3n) is 2.24. The summed E-state index contributed by atoms with van der Waals surface area (Å²) in [6.07, 6.45) is 0. The van der Waals surface area contributed by atoms with Gasteiger partial charge in [-0.3, -0.25) is 0 Å². The summed E-state index contributed by atoms with van der Waals surface area (Å²) in [6.45, 7) is 2.57. The summed E-state index contributed by atoms with van der Waals surface area (Å²) in [7, 11) is 0. The number of hydrogen-bond acceptors (Lipinski definition) is 1. The van der Waals surface area contributed by atoms with Crippen molar-refractivity contribution in [2.24, 2.45) is 0 Å². The number of carboxylic acids is 1. The van der Waals surface area contributed by atoms with Gasteiger partial charge < -0.3 is 14.5 Å². The Morgan fingerprint density at radius 2 is 2.13 bits per heavy atom. The molecule has 2 aromatic rings. The Morgan fingerprint density at radius 3 is 2.73 bits per heavy atom. The maximum absolute atomic E-state index is 10.9. The Labute approximate surface area is 102 Å². The summed E-state index contributed by atoms with van der Waals surface area (Å²) in [6, 6.07) is 10.4. The molecule has 0 aliphatic heterocycles. The second kappa shape index (κ2) is 4.63. The predicted octanol–water partition coefficient (Wildman–Crippen LogP) is 2.16. The van der Waals surface area contributed by atoms with E-state index in [1.165, 1.54) is 0 Å². The summed E-state index contributed by atoms with van der Waals surface area (Å²) in [5.41, 5.74) is 1.15. The van der Waals surface area contributed by atoms with Crippen molar-refractivity contribution in [3.63, 3.8) is 0 Å². The van der Waals surface area contributed by atoms with Crippen molar-refractivity contribution in [3.8, 4) is 0 Å². The number of hydrogen-bond donors (Lipinski definition) is 1. The van der Waals surface area contributed by atoms with E-state index in [2.05, 4.69) is 6.07 Å². The Balaban J connectivity index is 0.00000112. The summed E-state index contributed by atoms with van der Waals surface area (Å²) in [4.78, 5) is 10.9. The molecule has 2 rings (SSSR count). The van der Waals surface area contributed by atoms with E-state index >= 15 is 0 Å². The number of carbonyl (C=O) groups is 1. The van der Waals surface area contributed by atoms with Gasteiger partial charge in [0.25, 0.3) is 5.97 Å². The average molecular weight is 372 g/mol. The Morgan fingerprint density at radius 1 is 1.47 bits per heavy atom. The zero-order chi connectivity index (χ0) is 10.1. The molecule has 76 valence electrons. The number of nitrogens with zero attached hydrogens (tertiary/aromatic N) is 1. The van der Waals surface area contributed by atoms with E-state index in [4.69, 9.17) is 5.11 Å². The molecule has 0 saturated carbocycles. The molecule has 0 bridgehead atoms. The van der Waals surface area contributed by atoms with Gasteiger partial charge in [0, 0.05) is 12.2 Å². The van der Waals surface area contributed by atoms with E-state index < -0.39 is 5.97 Å². The molecule has 1 aromatic heterocycles. The fraction of sp³-hybridized carbons (Fsp3) is 0.182. The van der Waals surface area contributed by atoms with Crippen LogP contribution in [0.1, 0.15) is 17.4 Å². The molecule has 0 aliphatic rings. The molecule has 0 unspecified atom stereocenters. The number of carboxylic acid groups (broad SMARTS) is 1. The van der Waals surface area contributed by atoms with Crippen molar-refractivity contribution in [1.82, 2.24) is 4.57 Å². The fourth-order valence-electron chi connectivity index (χ4n) is 1.63. The van der Waals surface area contributed by atoms with Gasteiger partial charge in [-0.05, 0) is 12.4 Å². The van der Waals surface area contributed by atoms with Crippen molar-refractivity contribution >= 4 is 16.9 Å². The number of fused-ring (bicyclic) bond motifs is 1. The second-order valence-corrected chi connectivity index (χ2v) is 3.04. The van der Waals surface area contributed by atoms with Gasteiger partial charge in [0.15, 0.2) is 0 Å². The monoisotopic (exact) mass is 372 g/mol. The predicted molar refractivity (Wildman–Crippen MR) is 53.4 cm³/mol. The first-order chi connectivity index (χ1) is 6.74. The number of rotatable bonds is 2. The number of para-hydroxylation sites is 1. The molecule has 0 aliphatic carbocycles. The first kappa shape index (κ1) is 12.0. The van der Waals surface area contributed by atoms with Crippen LogP contribution >= 0.6 is 0 Å². The van der Waals surface area contributed by atoms with E-state index in [0.29, 0.717) is 6.54 Å². The Hall–Kier alpha value is -1.08. The van der Waals surface area contributed by atoms with Gasteiger partial charge in [0.05, 0.1) is 0 Å². The van der Waals surface area contributed by atoms with Gasteiger partial charge in [-0.15, -0.1) is 23.6 Å². The molecule has 4 heteroatoms. The summed E-state index contributed by atoms with van der Waals surface area (Å²) in [5, 5.41) is 9.80. The van der Waals surface area contributed by atoms with Crippen molar-refractivity contribution in [1.29, 1.82) is 0 Å². The minimum absolute atomic E-state index is 0. The quantitative estimate of drug-likeness (QED) is 0.822. The number of aromatic nitrogens is 1. The minimum atomic E-state index is -0.928. The zero-order valence-electron chi connectivity index (χ0n) is 8.23. The van der Waals surface area contributed by atoms with Gasteiger partial charge in [0.1, 0.15) is 0 Å². The van der Waals surface area contributed by atoms with Crippen LogP contribution in [0, 0.1) is 6.07 Å². The molecule has 15 heavy (non-hydrogen) atoms. The summed E-state index contributed by atoms with van der Waals surface area (Å²) < 4.78 is 1.75. The molecule has 0 spiro atoms. The molecule has 1 heterocycles. The minimum Gasteiger partial charge on any atom is -0.520 e. The van der Waals surface area contributed by atoms with Crippen LogP contribution in [0.25, 0.3) is 10.9 Å². The van der Waals surface area contributed by atoms with Crippen LogP contribution in [0.3, 0.4) is 0 Å². The molecule has 0 radical (unpaired) electrons. The van der Waals surface area contributed by atoms with Crippen LogP contribution in [0.2, 0.25) is 0 Å². The maximum Gasteiger partial charge on any atom is 2.00 e. The van der Waals surface area contributed by atoms with E-state index in [-0.39, 0.29) is 26.8 Å². The molecule has 0 saturated heterocycles. The molecule has 0 fully saturated rings. The Bertz CT molecular complexity index is 490. The molecular weight excluding hydrogens is 362 g/mol. The van der Waals surface area contributed by atoms with Crippen molar-refractivity contribution < 1.29 is 31.0 Å². The van der Waals surface area contributed by atoms with E-state index in [1.807, 2.05) is 31.2 Å². The number of aryl methyl sites for hydroxylation is 1. The van der Waals surface area contributed by atoms with Gasteiger partial charge in [-0.2, -0.15) is 0 Å². The smallest absolute Gasteiger partial charge is 0.520 e. The maximum atomic E-state index is 10.9. The summed E-state index contributed by atoms with van der Waals surface area (Å²) in [5.74, 6) is -0.928. The largest absolute Gasteiger partial charge is 2.00 e. The van der Waals surface area contributed by atoms with Crippen LogP contribution in [0.4, 0.5) is 0 Å². The van der Waals surface area contributed by atoms with Crippen molar-refractivity contribution in [2.45, 2.75) is 13.5 Å². The average Bonchev–Trinajstić information content (AvgIpc) is 2.56. The number of benzene rings is 1. The normalized spacial score (nSPS) is 9.93. The van der Waals surface area contributed by atoms with Gasteiger partial charge in [-0.1, -0.05) is 12.1 Å². The van der Waals surface area contributed by atoms with E-state index in [9.17, 15) is 4.79 Å². The number of aromatic carboxylic acids is 1. The van der Waals surface area contributed by atoms with Crippen molar-refractivity contribution in [2.75, 3.05) is 0 Å². The fourth-order valence-corrected chi connectivity index (χ4v) is 1.63. The third-order valence-corrected chi connectivity index (χ3v) is 2.24. The summed E-state index contributed by atoms with van der Waals surface area (Å²) >= 11 is 0. The standard InChI is InChI=1S/C11H10NO2.W/c1-2-12-9-6-4-3-5-8(9)7-10(12)11(13)14;/h3-6H,2H2,1H3,(H,13,14);/q-1;+2. The molecule has 0 atom stereocenters. The molecule has 1 aromatic carbocycles. The first-order valence-electron chi connectivity index (χ1n) is 4.48.